The highest BCUT2D eigenvalue weighted by atomic mass is 16.4. The molecular weight excluding hydrogens is 388 g/mol. The van der Waals surface area contributed by atoms with Crippen LogP contribution in [0.2, 0.25) is 0 Å². The fourth-order valence-corrected chi connectivity index (χ4v) is 2.84. The van der Waals surface area contributed by atoms with E-state index >= 15 is 0 Å². The molecule has 1 aliphatic rings. The molecule has 6 N–H and O–H groups in total. The van der Waals surface area contributed by atoms with Gasteiger partial charge in [-0.25, -0.2) is 4.79 Å². The van der Waals surface area contributed by atoms with Gasteiger partial charge in [0.2, 0.25) is 0 Å². The summed E-state index contributed by atoms with van der Waals surface area (Å²) in [5.74, 6) is -5.11. The number of aromatic amines is 1. The molecule has 0 saturated heterocycles. The van der Waals surface area contributed by atoms with E-state index in [0.717, 1.165) is 11.1 Å². The van der Waals surface area contributed by atoms with Gasteiger partial charge in [0, 0.05) is 24.2 Å². The standard InChI is InChI=1S/C11H10N4O.C6H8O7/c1-11(7-4-13-14-5-7)9-2-3-12-6-8(9)10(16)15-11;7-3(8)1-6(13,5(11)12)2-4(9)10/h2-6H,1H3,(H,13,14)(H,15,16);13H,1-2H2,(H,7,8)(H,9,10)(H,11,12). The van der Waals surface area contributed by atoms with Crippen LogP contribution in [0.4, 0.5) is 0 Å². The molecule has 0 aliphatic carbocycles. The number of carboxylic acids is 3. The van der Waals surface area contributed by atoms with Gasteiger partial charge in [0.25, 0.3) is 5.91 Å². The molecule has 0 radical (unpaired) electrons. The topological polar surface area (TPSA) is 203 Å². The first-order chi connectivity index (χ1) is 13.5. The molecule has 2 aromatic heterocycles. The number of rotatable bonds is 6. The summed E-state index contributed by atoms with van der Waals surface area (Å²) >= 11 is 0. The van der Waals surface area contributed by atoms with Crippen LogP contribution in [0.25, 0.3) is 0 Å². The number of nitrogens with zero attached hydrogens (tertiary/aromatic N) is 2. The Balaban J connectivity index is 0.000000213. The normalized spacial score (nSPS) is 17.5. The van der Waals surface area contributed by atoms with Gasteiger partial charge in [0.1, 0.15) is 0 Å². The summed E-state index contributed by atoms with van der Waals surface area (Å²) in [5, 5.41) is 43.4. The third-order valence-electron chi connectivity index (χ3n) is 4.33. The molecule has 1 amide bonds. The fourth-order valence-electron chi connectivity index (χ4n) is 2.84. The average Bonchev–Trinajstić information content (AvgIpc) is 3.23. The lowest BCUT2D eigenvalue weighted by molar-refractivity contribution is -0.170. The van der Waals surface area contributed by atoms with Crippen LogP contribution >= 0.6 is 0 Å². The van der Waals surface area contributed by atoms with E-state index in [9.17, 15) is 19.2 Å². The average molecular weight is 406 g/mol. The second kappa shape index (κ2) is 8.06. The molecule has 1 unspecified atom stereocenters. The van der Waals surface area contributed by atoms with Crippen molar-refractivity contribution >= 4 is 23.8 Å². The summed E-state index contributed by atoms with van der Waals surface area (Å²) in [5.41, 5.74) is -0.745. The lowest BCUT2D eigenvalue weighted by Crippen LogP contribution is -2.42. The Labute approximate surface area is 163 Å². The molecule has 0 fully saturated rings. The number of carbonyl (C=O) groups is 4. The first-order valence-electron chi connectivity index (χ1n) is 8.15. The molecule has 154 valence electrons. The number of aliphatic hydroxyl groups is 1. The number of carbonyl (C=O) groups excluding carboxylic acids is 1. The summed E-state index contributed by atoms with van der Waals surface area (Å²) in [7, 11) is 0. The van der Waals surface area contributed by atoms with Gasteiger partial charge in [-0.3, -0.25) is 24.5 Å². The zero-order chi connectivity index (χ0) is 21.8. The second-order valence-electron chi connectivity index (χ2n) is 6.47. The van der Waals surface area contributed by atoms with E-state index in [-0.39, 0.29) is 5.91 Å². The molecule has 1 aliphatic heterocycles. The van der Waals surface area contributed by atoms with Crippen LogP contribution in [-0.4, -0.2) is 65.0 Å². The van der Waals surface area contributed by atoms with Crippen LogP contribution in [-0.2, 0) is 19.9 Å². The van der Waals surface area contributed by atoms with Crippen molar-refractivity contribution in [2.24, 2.45) is 0 Å². The Morgan fingerprint density at radius 3 is 2.24 bits per heavy atom. The van der Waals surface area contributed by atoms with Crippen molar-refractivity contribution in [3.05, 3.63) is 47.5 Å². The summed E-state index contributed by atoms with van der Waals surface area (Å²) in [6.45, 7) is 1.96. The van der Waals surface area contributed by atoms with Crippen molar-refractivity contribution in [1.29, 1.82) is 0 Å². The smallest absolute Gasteiger partial charge is 0.336 e. The maximum absolute atomic E-state index is 11.8. The monoisotopic (exact) mass is 406 g/mol. The molecule has 1 atom stereocenters. The zero-order valence-electron chi connectivity index (χ0n) is 15.1. The Morgan fingerprint density at radius 1 is 1.14 bits per heavy atom. The fraction of sp³-hybridized carbons (Fsp3) is 0.294. The minimum absolute atomic E-state index is 0.0909. The molecule has 12 heteroatoms. The molecule has 0 saturated carbocycles. The Kier molecular flexibility index (Phi) is 5.98. The summed E-state index contributed by atoms with van der Waals surface area (Å²) in [4.78, 5) is 46.2. The number of amides is 1. The number of hydrogen-bond acceptors (Lipinski definition) is 7. The molecule has 29 heavy (non-hydrogen) atoms. The van der Waals surface area contributed by atoms with Crippen LogP contribution in [0.1, 0.15) is 41.3 Å². The minimum Gasteiger partial charge on any atom is -0.481 e. The van der Waals surface area contributed by atoms with Crippen molar-refractivity contribution in [3.8, 4) is 0 Å². The van der Waals surface area contributed by atoms with Gasteiger partial charge in [-0.2, -0.15) is 5.10 Å². The van der Waals surface area contributed by atoms with E-state index in [4.69, 9.17) is 20.4 Å². The van der Waals surface area contributed by atoms with Crippen LogP contribution in [0.3, 0.4) is 0 Å². The molecule has 3 heterocycles. The van der Waals surface area contributed by atoms with Gasteiger partial charge in [-0.1, -0.05) is 0 Å². The van der Waals surface area contributed by atoms with E-state index in [1.165, 1.54) is 0 Å². The molecule has 12 nitrogen and oxygen atoms in total. The van der Waals surface area contributed by atoms with Gasteiger partial charge in [-0.05, 0) is 18.6 Å². The summed E-state index contributed by atoms with van der Waals surface area (Å²) < 4.78 is 0. The van der Waals surface area contributed by atoms with Crippen LogP contribution in [0, 0.1) is 0 Å². The van der Waals surface area contributed by atoms with E-state index in [1.807, 2.05) is 13.0 Å². The number of aliphatic carboxylic acids is 3. The number of carboxylic acid groups (broad SMARTS) is 3. The van der Waals surface area contributed by atoms with Gasteiger partial charge in [0.05, 0.1) is 30.1 Å². The Bertz CT molecular complexity index is 927. The van der Waals surface area contributed by atoms with E-state index in [0.29, 0.717) is 5.56 Å². The maximum atomic E-state index is 11.8. The highest BCUT2D eigenvalue weighted by Crippen LogP contribution is 2.35. The molecule has 0 bridgehead atoms. The quantitative estimate of drug-likeness (QED) is 0.365. The Hall–Kier alpha value is -3.80. The van der Waals surface area contributed by atoms with Gasteiger partial charge >= 0.3 is 17.9 Å². The highest BCUT2D eigenvalue weighted by Gasteiger charge is 2.41. The second-order valence-corrected chi connectivity index (χ2v) is 6.47. The predicted octanol–water partition coefficient (Wildman–Crippen LogP) is -0.437. The first kappa shape index (κ1) is 21.5. The largest absolute Gasteiger partial charge is 0.481 e. The number of aromatic nitrogens is 3. The first-order valence-corrected chi connectivity index (χ1v) is 8.15. The van der Waals surface area contributed by atoms with E-state index in [1.54, 1.807) is 24.8 Å². The number of H-pyrrole nitrogens is 1. The van der Waals surface area contributed by atoms with Crippen LogP contribution < -0.4 is 5.32 Å². The molecular formula is C17H18N4O8. The van der Waals surface area contributed by atoms with Crippen molar-refractivity contribution in [3.63, 3.8) is 0 Å². The van der Waals surface area contributed by atoms with Crippen molar-refractivity contribution in [1.82, 2.24) is 20.5 Å². The minimum atomic E-state index is -2.74. The molecule has 3 rings (SSSR count). The highest BCUT2D eigenvalue weighted by molar-refractivity contribution is 6.00. The van der Waals surface area contributed by atoms with E-state index in [2.05, 4.69) is 20.5 Å². The number of fused-ring (bicyclic) bond motifs is 1. The van der Waals surface area contributed by atoms with Crippen LogP contribution in [0.15, 0.2) is 30.9 Å². The lowest BCUT2D eigenvalue weighted by Gasteiger charge is -2.23. The zero-order valence-corrected chi connectivity index (χ0v) is 15.1. The number of nitrogens with one attached hydrogen (secondary N) is 2. The molecule has 2 aromatic rings. The third kappa shape index (κ3) is 4.55. The summed E-state index contributed by atoms with van der Waals surface area (Å²) in [6.07, 6.45) is 4.50. The molecule has 0 spiro atoms. The van der Waals surface area contributed by atoms with Gasteiger partial charge < -0.3 is 25.7 Å². The van der Waals surface area contributed by atoms with Crippen molar-refractivity contribution in [2.75, 3.05) is 0 Å². The lowest BCUT2D eigenvalue weighted by atomic mass is 9.88. The maximum Gasteiger partial charge on any atom is 0.336 e. The molecule has 0 aromatic carbocycles. The van der Waals surface area contributed by atoms with Crippen molar-refractivity contribution in [2.45, 2.75) is 30.9 Å². The van der Waals surface area contributed by atoms with Gasteiger partial charge in [0.15, 0.2) is 5.60 Å². The predicted molar refractivity (Wildman–Crippen MR) is 93.8 cm³/mol. The number of hydrogen-bond donors (Lipinski definition) is 6. The number of pyridine rings is 1. The van der Waals surface area contributed by atoms with Crippen molar-refractivity contribution < 1.29 is 39.6 Å². The summed E-state index contributed by atoms with van der Waals surface area (Å²) in [6, 6.07) is 1.86. The third-order valence-corrected chi connectivity index (χ3v) is 4.33. The SMILES string of the molecule is CC1(c2cn[nH]c2)NC(=O)c2cnccc21.O=C(O)CC(O)(CC(=O)O)C(=O)O. The van der Waals surface area contributed by atoms with Gasteiger partial charge in [-0.15, -0.1) is 0 Å². The van der Waals surface area contributed by atoms with Crippen LogP contribution in [0.5, 0.6) is 0 Å². The van der Waals surface area contributed by atoms with E-state index < -0.39 is 41.9 Å². The Morgan fingerprint density at radius 2 is 1.76 bits per heavy atom.